The van der Waals surface area contributed by atoms with Crippen LogP contribution in [0.25, 0.3) is 0 Å². The third-order valence-electron chi connectivity index (χ3n) is 7.21. The predicted molar refractivity (Wildman–Crippen MR) is 119 cm³/mol. The first-order valence-electron chi connectivity index (χ1n) is 11.7. The number of piperidine rings is 2. The van der Waals surface area contributed by atoms with Crippen LogP contribution in [0.5, 0.6) is 0 Å². The van der Waals surface area contributed by atoms with E-state index in [0.29, 0.717) is 32.0 Å². The van der Waals surface area contributed by atoms with Crippen LogP contribution in [0.4, 0.5) is 4.79 Å². The van der Waals surface area contributed by atoms with Gasteiger partial charge in [0.05, 0.1) is 6.10 Å². The standard InChI is InChI=1S/C24H36N4O3/c1-17-11-20(23(30)28(13-17)21-7-4-9-27(15-21)24(25)31)12-22(29)16-26-10-8-18-5-2-3-6-19(18)14-26/h2-3,5-6,17,20-22,29H,4,7-16H2,1H3,(H2,25,31)/t17?,20?,21?,22-/m0/s1. The summed E-state index contributed by atoms with van der Waals surface area (Å²) >= 11 is 0. The maximum absolute atomic E-state index is 13.3. The molecule has 31 heavy (non-hydrogen) atoms. The Hall–Kier alpha value is -2.12. The highest BCUT2D eigenvalue weighted by atomic mass is 16.3. The molecule has 2 fully saturated rings. The van der Waals surface area contributed by atoms with Gasteiger partial charge >= 0.3 is 6.03 Å². The van der Waals surface area contributed by atoms with Crippen LogP contribution in [0.1, 0.15) is 43.7 Å². The number of rotatable bonds is 5. The highest BCUT2D eigenvalue weighted by molar-refractivity contribution is 5.80. The van der Waals surface area contributed by atoms with E-state index in [0.717, 1.165) is 45.3 Å². The quantitative estimate of drug-likeness (QED) is 0.749. The van der Waals surface area contributed by atoms with Crippen molar-refractivity contribution < 1.29 is 14.7 Å². The summed E-state index contributed by atoms with van der Waals surface area (Å²) in [4.78, 5) is 30.8. The molecule has 3 amide bonds. The average molecular weight is 429 g/mol. The van der Waals surface area contributed by atoms with Gasteiger partial charge in [0.1, 0.15) is 0 Å². The van der Waals surface area contributed by atoms with Crippen LogP contribution in [0.15, 0.2) is 24.3 Å². The lowest BCUT2D eigenvalue weighted by molar-refractivity contribution is -0.145. The van der Waals surface area contributed by atoms with Crippen molar-refractivity contribution in [3.8, 4) is 0 Å². The fraction of sp³-hybridized carbons (Fsp3) is 0.667. The third kappa shape index (κ3) is 5.21. The Morgan fingerprint density at radius 2 is 2.00 bits per heavy atom. The van der Waals surface area contributed by atoms with E-state index >= 15 is 0 Å². The molecule has 3 aliphatic rings. The molecule has 3 aliphatic heterocycles. The summed E-state index contributed by atoms with van der Waals surface area (Å²) in [5.74, 6) is 0.373. The first kappa shape index (κ1) is 22.1. The minimum absolute atomic E-state index is 0.0368. The Kier molecular flexibility index (Phi) is 6.82. The monoisotopic (exact) mass is 428 g/mol. The van der Waals surface area contributed by atoms with Gasteiger partial charge in [-0.05, 0) is 49.1 Å². The predicted octanol–water partition coefficient (Wildman–Crippen LogP) is 1.82. The number of β-amino-alcohol motifs (C(OH)–C–C–N with tert-alkyl or cyclic N) is 1. The average Bonchev–Trinajstić information content (AvgIpc) is 2.76. The number of hydrogen-bond acceptors (Lipinski definition) is 4. The summed E-state index contributed by atoms with van der Waals surface area (Å²) in [6.45, 7) is 6.51. The topological polar surface area (TPSA) is 90.1 Å². The number of likely N-dealkylation sites (tertiary alicyclic amines) is 2. The van der Waals surface area contributed by atoms with E-state index in [1.807, 2.05) is 4.90 Å². The van der Waals surface area contributed by atoms with E-state index in [-0.39, 0.29) is 17.9 Å². The normalized spacial score (nSPS) is 28.3. The van der Waals surface area contributed by atoms with Crippen molar-refractivity contribution in [2.45, 2.75) is 57.7 Å². The number of nitrogens with zero attached hydrogens (tertiary/aromatic N) is 3. The Morgan fingerprint density at radius 1 is 1.23 bits per heavy atom. The van der Waals surface area contributed by atoms with Gasteiger partial charge < -0.3 is 20.6 Å². The molecule has 170 valence electrons. The SMILES string of the molecule is CC1CC(C[C@H](O)CN2CCc3ccccc3C2)C(=O)N(C2CCCN(C(N)=O)C2)C1. The highest BCUT2D eigenvalue weighted by Gasteiger charge is 2.39. The van der Waals surface area contributed by atoms with Crippen molar-refractivity contribution in [3.05, 3.63) is 35.4 Å². The second kappa shape index (κ2) is 9.57. The van der Waals surface area contributed by atoms with E-state index < -0.39 is 12.1 Å². The molecule has 4 atom stereocenters. The minimum Gasteiger partial charge on any atom is -0.392 e. The van der Waals surface area contributed by atoms with Crippen molar-refractivity contribution in [1.29, 1.82) is 0 Å². The smallest absolute Gasteiger partial charge is 0.314 e. The number of benzene rings is 1. The summed E-state index contributed by atoms with van der Waals surface area (Å²) in [6, 6.07) is 8.13. The summed E-state index contributed by atoms with van der Waals surface area (Å²) in [5.41, 5.74) is 8.22. The lowest BCUT2D eigenvalue weighted by Gasteiger charge is -2.44. The van der Waals surface area contributed by atoms with Crippen molar-refractivity contribution in [1.82, 2.24) is 14.7 Å². The maximum Gasteiger partial charge on any atom is 0.314 e. The number of amides is 3. The molecule has 4 rings (SSSR count). The Labute approximate surface area is 185 Å². The summed E-state index contributed by atoms with van der Waals surface area (Å²) in [6.07, 6.45) is 3.60. The molecule has 1 aromatic rings. The van der Waals surface area contributed by atoms with Crippen LogP contribution in [0.2, 0.25) is 0 Å². The fourth-order valence-electron chi connectivity index (χ4n) is 5.67. The molecule has 1 aromatic carbocycles. The number of carbonyl (C=O) groups excluding carboxylic acids is 2. The van der Waals surface area contributed by atoms with Crippen molar-refractivity contribution in [3.63, 3.8) is 0 Å². The molecule has 7 nitrogen and oxygen atoms in total. The Bertz CT molecular complexity index is 801. The molecule has 0 radical (unpaired) electrons. The number of urea groups is 1. The lowest BCUT2D eigenvalue weighted by Crippen LogP contribution is -2.57. The van der Waals surface area contributed by atoms with Gasteiger partial charge in [-0.2, -0.15) is 0 Å². The minimum atomic E-state index is -0.514. The molecule has 0 spiro atoms. The van der Waals surface area contributed by atoms with E-state index in [2.05, 4.69) is 36.1 Å². The van der Waals surface area contributed by atoms with Crippen molar-refractivity contribution in [2.75, 3.05) is 32.7 Å². The fourth-order valence-corrected chi connectivity index (χ4v) is 5.67. The van der Waals surface area contributed by atoms with Crippen molar-refractivity contribution in [2.24, 2.45) is 17.6 Å². The van der Waals surface area contributed by atoms with Crippen LogP contribution in [0.3, 0.4) is 0 Å². The van der Waals surface area contributed by atoms with Gasteiger partial charge in [0.2, 0.25) is 5.91 Å². The van der Waals surface area contributed by atoms with Gasteiger partial charge in [-0.1, -0.05) is 31.2 Å². The molecular formula is C24H36N4O3. The molecule has 0 aliphatic carbocycles. The van der Waals surface area contributed by atoms with Gasteiger partial charge in [-0.3, -0.25) is 9.69 Å². The van der Waals surface area contributed by atoms with E-state index in [1.54, 1.807) is 4.90 Å². The van der Waals surface area contributed by atoms with Crippen LogP contribution >= 0.6 is 0 Å². The summed E-state index contributed by atoms with van der Waals surface area (Å²) in [7, 11) is 0. The molecule has 3 N–H and O–H groups in total. The Morgan fingerprint density at radius 3 is 2.77 bits per heavy atom. The van der Waals surface area contributed by atoms with E-state index in [4.69, 9.17) is 5.73 Å². The summed E-state index contributed by atoms with van der Waals surface area (Å²) < 4.78 is 0. The number of nitrogens with two attached hydrogens (primary N) is 1. The zero-order chi connectivity index (χ0) is 22.0. The second-order valence-corrected chi connectivity index (χ2v) is 9.75. The van der Waals surface area contributed by atoms with E-state index in [1.165, 1.54) is 11.1 Å². The second-order valence-electron chi connectivity index (χ2n) is 9.75. The molecule has 0 aromatic heterocycles. The summed E-state index contributed by atoms with van der Waals surface area (Å²) in [5, 5.41) is 10.8. The van der Waals surface area contributed by atoms with Gasteiger partial charge in [0.15, 0.2) is 0 Å². The van der Waals surface area contributed by atoms with Gasteiger partial charge in [0, 0.05) is 51.2 Å². The highest BCUT2D eigenvalue weighted by Crippen LogP contribution is 2.30. The van der Waals surface area contributed by atoms with Crippen molar-refractivity contribution >= 4 is 11.9 Å². The largest absolute Gasteiger partial charge is 0.392 e. The molecule has 3 heterocycles. The molecule has 7 heteroatoms. The first-order chi connectivity index (χ1) is 14.9. The van der Waals surface area contributed by atoms with Crippen LogP contribution < -0.4 is 5.73 Å². The number of hydrogen-bond donors (Lipinski definition) is 2. The molecule has 3 unspecified atom stereocenters. The van der Waals surface area contributed by atoms with Gasteiger partial charge in [0.25, 0.3) is 0 Å². The van der Waals surface area contributed by atoms with Crippen LogP contribution in [-0.4, -0.2) is 76.6 Å². The number of aliphatic hydroxyl groups is 1. The Balaban J connectivity index is 1.34. The van der Waals surface area contributed by atoms with Gasteiger partial charge in [-0.25, -0.2) is 4.79 Å². The third-order valence-corrected chi connectivity index (χ3v) is 7.21. The zero-order valence-electron chi connectivity index (χ0n) is 18.6. The first-order valence-corrected chi connectivity index (χ1v) is 11.7. The van der Waals surface area contributed by atoms with Crippen LogP contribution in [0, 0.1) is 11.8 Å². The number of carbonyl (C=O) groups is 2. The molecule has 0 saturated carbocycles. The van der Waals surface area contributed by atoms with Crippen LogP contribution in [-0.2, 0) is 17.8 Å². The molecule has 0 bridgehead atoms. The molecule has 2 saturated heterocycles. The maximum atomic E-state index is 13.3. The molecular weight excluding hydrogens is 392 g/mol. The zero-order valence-corrected chi connectivity index (χ0v) is 18.6. The number of fused-ring (bicyclic) bond motifs is 1. The van der Waals surface area contributed by atoms with Gasteiger partial charge in [-0.15, -0.1) is 0 Å². The van der Waals surface area contributed by atoms with E-state index in [9.17, 15) is 14.7 Å². The number of aliphatic hydroxyl groups excluding tert-OH is 1. The number of primary amides is 1. The lowest BCUT2D eigenvalue weighted by atomic mass is 9.84.